The first kappa shape index (κ1) is 14.2. The number of esters is 1. The Morgan fingerprint density at radius 1 is 1.25 bits per heavy atom. The maximum absolute atomic E-state index is 12.1. The lowest BCUT2D eigenvalue weighted by Gasteiger charge is -2.09. The van der Waals surface area contributed by atoms with Gasteiger partial charge in [-0.1, -0.05) is 18.2 Å². The van der Waals surface area contributed by atoms with Crippen molar-refractivity contribution in [3.05, 3.63) is 53.3 Å². The Labute approximate surface area is 115 Å². The number of nitrogens with zero attached hydrogens (tertiary/aromatic N) is 1. The van der Waals surface area contributed by atoms with Crippen molar-refractivity contribution < 1.29 is 18.3 Å². The fourth-order valence-electron chi connectivity index (χ4n) is 2.16. The number of ether oxygens (including phenoxy) is 1. The minimum Gasteiger partial charge on any atom is -0.456 e. The van der Waals surface area contributed by atoms with Crippen molar-refractivity contribution in [3.8, 4) is 5.69 Å². The van der Waals surface area contributed by atoms with Crippen molar-refractivity contribution in [1.82, 2.24) is 4.57 Å². The molecule has 2 rings (SSSR count). The summed E-state index contributed by atoms with van der Waals surface area (Å²) in [5.41, 5.74) is 2.74. The summed E-state index contributed by atoms with van der Waals surface area (Å²) >= 11 is 0. The van der Waals surface area contributed by atoms with Crippen LogP contribution in [-0.2, 0) is 4.74 Å². The van der Waals surface area contributed by atoms with E-state index in [1.807, 2.05) is 41.8 Å². The molecule has 0 amide bonds. The van der Waals surface area contributed by atoms with E-state index in [2.05, 4.69) is 4.74 Å². The molecule has 0 fully saturated rings. The van der Waals surface area contributed by atoms with Crippen LogP contribution in [0.2, 0.25) is 0 Å². The van der Waals surface area contributed by atoms with Gasteiger partial charge in [0.2, 0.25) is 0 Å². The van der Waals surface area contributed by atoms with Crippen molar-refractivity contribution >= 4 is 5.97 Å². The second-order valence-corrected chi connectivity index (χ2v) is 4.45. The third kappa shape index (κ3) is 2.87. The Morgan fingerprint density at radius 2 is 1.90 bits per heavy atom. The maximum Gasteiger partial charge on any atom is 0.340 e. The lowest BCUT2D eigenvalue weighted by Crippen LogP contribution is -2.12. The Kier molecular flexibility index (Phi) is 4.17. The molecule has 0 N–H and O–H groups in total. The molecule has 0 saturated carbocycles. The molecule has 0 aliphatic carbocycles. The van der Waals surface area contributed by atoms with Crippen molar-refractivity contribution in [2.24, 2.45) is 0 Å². The van der Waals surface area contributed by atoms with Gasteiger partial charge in [0.15, 0.2) is 6.61 Å². The van der Waals surface area contributed by atoms with Gasteiger partial charge in [0, 0.05) is 17.1 Å². The summed E-state index contributed by atoms with van der Waals surface area (Å²) in [6.07, 6.45) is -2.66. The Bertz CT molecular complexity index is 606. The number of aryl methyl sites for hydroxylation is 1. The van der Waals surface area contributed by atoms with E-state index in [0.717, 1.165) is 11.4 Å². The van der Waals surface area contributed by atoms with E-state index in [0.29, 0.717) is 11.3 Å². The normalized spacial score (nSPS) is 10.8. The lowest BCUT2D eigenvalue weighted by atomic mass is 10.2. The number of hydrogen-bond donors (Lipinski definition) is 0. The summed E-state index contributed by atoms with van der Waals surface area (Å²) in [5, 5.41) is 0. The Morgan fingerprint density at radius 3 is 2.50 bits per heavy atom. The number of para-hydroxylation sites is 1. The number of rotatable bonds is 4. The van der Waals surface area contributed by atoms with Gasteiger partial charge in [0.05, 0.1) is 5.56 Å². The van der Waals surface area contributed by atoms with Crippen LogP contribution >= 0.6 is 0 Å². The molecule has 5 heteroatoms. The van der Waals surface area contributed by atoms with Crippen LogP contribution in [0, 0.1) is 13.8 Å². The fraction of sp³-hybridized carbons (Fsp3) is 0.267. The average molecular weight is 279 g/mol. The number of halogens is 2. The lowest BCUT2D eigenvalue weighted by molar-refractivity contribution is 0.0159. The third-order valence-electron chi connectivity index (χ3n) is 3.01. The van der Waals surface area contributed by atoms with E-state index < -0.39 is 19.0 Å². The summed E-state index contributed by atoms with van der Waals surface area (Å²) in [7, 11) is 0. The summed E-state index contributed by atoms with van der Waals surface area (Å²) in [6.45, 7) is 2.73. The van der Waals surface area contributed by atoms with Gasteiger partial charge in [-0.05, 0) is 32.0 Å². The summed E-state index contributed by atoms with van der Waals surface area (Å²) in [4.78, 5) is 11.8. The molecule has 20 heavy (non-hydrogen) atoms. The third-order valence-corrected chi connectivity index (χ3v) is 3.01. The zero-order valence-corrected chi connectivity index (χ0v) is 11.3. The molecule has 0 unspecified atom stereocenters. The van der Waals surface area contributed by atoms with E-state index in [1.165, 1.54) is 0 Å². The first-order chi connectivity index (χ1) is 9.50. The average Bonchev–Trinajstić information content (AvgIpc) is 2.72. The molecular weight excluding hydrogens is 264 g/mol. The van der Waals surface area contributed by atoms with Crippen LogP contribution in [0.1, 0.15) is 21.7 Å². The highest BCUT2D eigenvalue weighted by Gasteiger charge is 2.18. The highest BCUT2D eigenvalue weighted by molar-refractivity contribution is 5.91. The van der Waals surface area contributed by atoms with Gasteiger partial charge in [-0.2, -0.15) is 0 Å². The van der Waals surface area contributed by atoms with Crippen molar-refractivity contribution in [1.29, 1.82) is 0 Å². The molecule has 0 bridgehead atoms. The van der Waals surface area contributed by atoms with Gasteiger partial charge in [-0.25, -0.2) is 13.6 Å². The molecule has 0 saturated heterocycles. The van der Waals surface area contributed by atoms with Crippen LogP contribution < -0.4 is 0 Å². The van der Waals surface area contributed by atoms with E-state index in [9.17, 15) is 13.6 Å². The molecule has 3 nitrogen and oxygen atoms in total. The van der Waals surface area contributed by atoms with E-state index in [-0.39, 0.29) is 0 Å². The van der Waals surface area contributed by atoms with Crippen LogP contribution in [0.3, 0.4) is 0 Å². The minimum absolute atomic E-state index is 0.312. The largest absolute Gasteiger partial charge is 0.456 e. The maximum atomic E-state index is 12.1. The molecule has 0 spiro atoms. The zero-order valence-electron chi connectivity index (χ0n) is 11.3. The van der Waals surface area contributed by atoms with Gasteiger partial charge in [-0.15, -0.1) is 0 Å². The number of carbonyl (C=O) groups excluding carboxylic acids is 1. The fourth-order valence-corrected chi connectivity index (χ4v) is 2.16. The second kappa shape index (κ2) is 5.86. The zero-order chi connectivity index (χ0) is 14.7. The highest BCUT2D eigenvalue weighted by Crippen LogP contribution is 2.21. The van der Waals surface area contributed by atoms with Gasteiger partial charge in [-0.3, -0.25) is 0 Å². The second-order valence-electron chi connectivity index (χ2n) is 4.45. The SMILES string of the molecule is Cc1cc(C(=O)OCC(F)F)c(C)n1-c1ccccc1. The molecule has 0 atom stereocenters. The van der Waals surface area contributed by atoms with Gasteiger partial charge in [0.25, 0.3) is 6.43 Å². The van der Waals surface area contributed by atoms with E-state index in [4.69, 9.17) is 0 Å². The first-order valence-corrected chi connectivity index (χ1v) is 6.20. The molecule has 1 aromatic heterocycles. The molecule has 0 radical (unpaired) electrons. The molecule has 106 valence electrons. The predicted molar refractivity (Wildman–Crippen MR) is 71.5 cm³/mol. The van der Waals surface area contributed by atoms with Gasteiger partial charge in [0.1, 0.15) is 0 Å². The van der Waals surface area contributed by atoms with Gasteiger partial charge >= 0.3 is 5.97 Å². The Balaban J connectivity index is 2.32. The first-order valence-electron chi connectivity index (χ1n) is 6.20. The van der Waals surface area contributed by atoms with Crippen LogP contribution in [0.25, 0.3) is 5.69 Å². The van der Waals surface area contributed by atoms with Crippen molar-refractivity contribution in [2.75, 3.05) is 6.61 Å². The summed E-state index contributed by atoms with van der Waals surface area (Å²) in [6, 6.07) is 11.2. The van der Waals surface area contributed by atoms with E-state index >= 15 is 0 Å². The number of benzene rings is 1. The van der Waals surface area contributed by atoms with E-state index in [1.54, 1.807) is 13.0 Å². The molecule has 2 aromatic rings. The van der Waals surface area contributed by atoms with Crippen LogP contribution in [0.5, 0.6) is 0 Å². The quantitative estimate of drug-likeness (QED) is 0.802. The van der Waals surface area contributed by atoms with Gasteiger partial charge < -0.3 is 9.30 Å². The van der Waals surface area contributed by atoms with Crippen molar-refractivity contribution in [3.63, 3.8) is 0 Å². The standard InChI is InChI=1S/C15H15F2NO2/c1-10-8-13(15(19)20-9-14(16)17)11(2)18(10)12-6-4-3-5-7-12/h3-8,14H,9H2,1-2H3. The smallest absolute Gasteiger partial charge is 0.340 e. The molecule has 1 heterocycles. The predicted octanol–water partition coefficient (Wildman–Crippen LogP) is 3.52. The minimum atomic E-state index is -2.66. The monoisotopic (exact) mass is 279 g/mol. The molecule has 0 aliphatic heterocycles. The number of alkyl halides is 2. The molecular formula is C15H15F2NO2. The number of hydrogen-bond acceptors (Lipinski definition) is 2. The van der Waals surface area contributed by atoms with Crippen LogP contribution in [0.15, 0.2) is 36.4 Å². The highest BCUT2D eigenvalue weighted by atomic mass is 19.3. The Hall–Kier alpha value is -2.17. The molecule has 1 aromatic carbocycles. The van der Waals surface area contributed by atoms with Crippen LogP contribution in [-0.4, -0.2) is 23.6 Å². The number of aromatic nitrogens is 1. The van der Waals surface area contributed by atoms with Crippen molar-refractivity contribution in [2.45, 2.75) is 20.3 Å². The molecule has 0 aliphatic rings. The van der Waals surface area contributed by atoms with Crippen LogP contribution in [0.4, 0.5) is 8.78 Å². The number of carbonyl (C=O) groups is 1. The summed E-state index contributed by atoms with van der Waals surface area (Å²) in [5.74, 6) is -0.722. The topological polar surface area (TPSA) is 31.2 Å². The summed E-state index contributed by atoms with van der Waals surface area (Å²) < 4.78 is 30.6.